The number of halogens is 1. The van der Waals surface area contributed by atoms with Crippen molar-refractivity contribution in [1.82, 2.24) is 4.90 Å². The number of fused-ring (bicyclic) bond motifs is 1. The largest absolute Gasteiger partial charge is 0.489 e. The molecule has 0 aromatic heterocycles. The summed E-state index contributed by atoms with van der Waals surface area (Å²) in [5.41, 5.74) is 2.28. The molecular formula is C29H31ClN2O4. The second-order valence-electron chi connectivity index (χ2n) is 10.6. The van der Waals surface area contributed by atoms with Crippen molar-refractivity contribution in [2.45, 2.75) is 59.4 Å². The Kier molecular flexibility index (Phi) is 7.08. The number of aliphatic hydroxyl groups is 1. The minimum atomic E-state index is -0.311. The molecule has 2 aromatic rings. The molecule has 7 heteroatoms. The summed E-state index contributed by atoms with van der Waals surface area (Å²) < 4.78 is 11.8. The maximum atomic E-state index is 13.4. The fraction of sp³-hybridized carbons (Fsp3) is 0.448. The van der Waals surface area contributed by atoms with E-state index in [0.29, 0.717) is 28.6 Å². The van der Waals surface area contributed by atoms with Crippen molar-refractivity contribution in [2.75, 3.05) is 13.2 Å². The third-order valence-corrected chi connectivity index (χ3v) is 7.49. The van der Waals surface area contributed by atoms with Gasteiger partial charge in [0, 0.05) is 34.5 Å². The molecule has 36 heavy (non-hydrogen) atoms. The number of hydrogen-bond acceptors (Lipinski definition) is 4. The van der Waals surface area contributed by atoms with E-state index >= 15 is 0 Å². The Morgan fingerprint density at radius 2 is 1.94 bits per heavy atom. The molecule has 0 bridgehead atoms. The Hall–Kier alpha value is -3.03. The minimum absolute atomic E-state index is 0.0261. The van der Waals surface area contributed by atoms with E-state index in [1.807, 2.05) is 30.0 Å². The van der Waals surface area contributed by atoms with Gasteiger partial charge >= 0.3 is 0 Å². The van der Waals surface area contributed by atoms with Gasteiger partial charge < -0.3 is 19.5 Å². The highest BCUT2D eigenvalue weighted by Gasteiger charge is 2.66. The summed E-state index contributed by atoms with van der Waals surface area (Å²) in [6, 6.07) is 10.8. The van der Waals surface area contributed by atoms with E-state index in [2.05, 4.69) is 44.4 Å². The molecule has 1 amide bonds. The zero-order valence-corrected chi connectivity index (χ0v) is 22.0. The maximum absolute atomic E-state index is 13.4. The van der Waals surface area contributed by atoms with Crippen molar-refractivity contribution in [3.63, 3.8) is 0 Å². The molecule has 2 aliphatic rings. The molecule has 0 radical (unpaired) electrons. The molecule has 1 unspecified atom stereocenters. The average Bonchev–Trinajstić information content (AvgIpc) is 3.14. The predicted molar refractivity (Wildman–Crippen MR) is 139 cm³/mol. The molecule has 1 saturated carbocycles. The van der Waals surface area contributed by atoms with Gasteiger partial charge in [-0.3, -0.25) is 4.79 Å². The van der Waals surface area contributed by atoms with E-state index in [1.54, 1.807) is 18.2 Å². The molecular weight excluding hydrogens is 476 g/mol. The molecule has 1 aliphatic heterocycles. The van der Waals surface area contributed by atoms with Gasteiger partial charge in [-0.05, 0) is 42.8 Å². The van der Waals surface area contributed by atoms with E-state index in [4.69, 9.17) is 32.8 Å². The van der Waals surface area contributed by atoms with E-state index in [1.165, 1.54) is 0 Å². The lowest BCUT2D eigenvalue weighted by molar-refractivity contribution is -0.199. The van der Waals surface area contributed by atoms with Gasteiger partial charge in [-0.25, -0.2) is 4.85 Å². The second kappa shape index (κ2) is 9.79. The lowest BCUT2D eigenvalue weighted by Gasteiger charge is -2.65. The van der Waals surface area contributed by atoms with Crippen LogP contribution in [0.3, 0.4) is 0 Å². The first-order valence-corrected chi connectivity index (χ1v) is 12.4. The van der Waals surface area contributed by atoms with Crippen molar-refractivity contribution >= 4 is 23.2 Å². The van der Waals surface area contributed by atoms with Crippen LogP contribution in [-0.4, -0.2) is 47.4 Å². The third-order valence-electron chi connectivity index (χ3n) is 7.18. The topological polar surface area (TPSA) is 63.4 Å². The van der Waals surface area contributed by atoms with E-state index < -0.39 is 0 Å². The first-order chi connectivity index (χ1) is 17.0. The van der Waals surface area contributed by atoms with Gasteiger partial charge in [0.1, 0.15) is 18.0 Å². The molecule has 1 atom stereocenters. The van der Waals surface area contributed by atoms with Gasteiger partial charge in [-0.1, -0.05) is 57.2 Å². The van der Waals surface area contributed by atoms with Crippen LogP contribution in [0.1, 0.15) is 56.1 Å². The summed E-state index contributed by atoms with van der Waals surface area (Å²) in [6.45, 7) is 18.3. The number of carbonyl (C=O) groups is 1. The van der Waals surface area contributed by atoms with Crippen LogP contribution >= 0.6 is 11.6 Å². The van der Waals surface area contributed by atoms with Crippen LogP contribution in [0.15, 0.2) is 36.4 Å². The Morgan fingerprint density at radius 1 is 1.22 bits per heavy atom. The molecule has 2 aromatic carbocycles. The van der Waals surface area contributed by atoms with Gasteiger partial charge in [0.2, 0.25) is 5.69 Å². The van der Waals surface area contributed by atoms with Crippen LogP contribution in [0.25, 0.3) is 4.85 Å². The van der Waals surface area contributed by atoms with Crippen LogP contribution in [-0.2, 0) is 11.3 Å². The van der Waals surface area contributed by atoms with E-state index in [-0.39, 0.29) is 48.2 Å². The number of nitrogens with zero attached hydrogens (tertiary/aromatic N) is 2. The standard InChI is InChI=1S/C29H31ClN2O4/c1-18(35-14-13-33)7-8-19-9-11-22-20(15-19)17-32(25(22)34)26-28(2,3)27(29(26,4)5)36-21-10-12-24(31-6)23(30)16-21/h9-12,15-16,18,26-27,33H,13-14,17H2,1-5H3. The third kappa shape index (κ3) is 4.58. The number of rotatable bonds is 6. The zero-order valence-electron chi connectivity index (χ0n) is 21.3. The Bertz CT molecular complexity index is 1270. The lowest BCUT2D eigenvalue weighted by atomic mass is 9.49. The van der Waals surface area contributed by atoms with E-state index in [0.717, 1.165) is 11.1 Å². The average molecular weight is 507 g/mol. The summed E-state index contributed by atoms with van der Waals surface area (Å²) in [4.78, 5) is 18.8. The molecule has 0 spiro atoms. The molecule has 1 N–H and O–H groups in total. The molecule has 1 heterocycles. The monoisotopic (exact) mass is 506 g/mol. The van der Waals surface area contributed by atoms with Crippen LogP contribution in [0.4, 0.5) is 5.69 Å². The Morgan fingerprint density at radius 3 is 2.58 bits per heavy atom. The smallest absolute Gasteiger partial charge is 0.254 e. The van der Waals surface area contributed by atoms with Gasteiger partial charge in [0.15, 0.2) is 0 Å². The van der Waals surface area contributed by atoms with Crippen LogP contribution < -0.4 is 4.74 Å². The summed E-state index contributed by atoms with van der Waals surface area (Å²) in [6.07, 6.45) is -0.437. The fourth-order valence-electron chi connectivity index (χ4n) is 6.09. The number of aliphatic hydroxyl groups excluding tert-OH is 1. The molecule has 0 saturated heterocycles. The highest BCUT2D eigenvalue weighted by Crippen LogP contribution is 2.59. The number of amides is 1. The number of carbonyl (C=O) groups excluding carboxylic acids is 1. The maximum Gasteiger partial charge on any atom is 0.254 e. The second-order valence-corrected chi connectivity index (χ2v) is 11.0. The van der Waals surface area contributed by atoms with Crippen molar-refractivity contribution in [3.8, 4) is 17.6 Å². The minimum Gasteiger partial charge on any atom is -0.489 e. The summed E-state index contributed by atoms with van der Waals surface area (Å²) >= 11 is 6.22. The predicted octanol–water partition coefficient (Wildman–Crippen LogP) is 5.48. The normalized spacial score (nSPS) is 22.1. The molecule has 1 aliphatic carbocycles. The van der Waals surface area contributed by atoms with Crippen molar-refractivity contribution in [3.05, 3.63) is 69.5 Å². The number of benzene rings is 2. The quantitative estimate of drug-likeness (QED) is 0.416. The molecule has 6 nitrogen and oxygen atoms in total. The van der Waals surface area contributed by atoms with Gasteiger partial charge in [-0.15, -0.1) is 0 Å². The number of hydrogen-bond donors (Lipinski definition) is 1. The lowest BCUT2D eigenvalue weighted by Crippen LogP contribution is -2.74. The molecule has 4 rings (SSSR count). The fourth-order valence-corrected chi connectivity index (χ4v) is 6.30. The van der Waals surface area contributed by atoms with Crippen molar-refractivity contribution < 1.29 is 19.4 Å². The SMILES string of the molecule is [C-]#[N+]c1ccc(OC2C(C)(C)C(N3Cc4cc(C#CC(C)OCCO)ccc4C3=O)C2(C)C)cc1Cl. The highest BCUT2D eigenvalue weighted by atomic mass is 35.5. The summed E-state index contributed by atoms with van der Waals surface area (Å²) in [5, 5.41) is 9.26. The first kappa shape index (κ1) is 26.0. The zero-order chi connectivity index (χ0) is 26.3. The van der Waals surface area contributed by atoms with Gasteiger partial charge in [0.05, 0.1) is 24.8 Å². The number of ether oxygens (including phenoxy) is 2. The highest BCUT2D eigenvalue weighted by molar-refractivity contribution is 6.33. The molecule has 1 fully saturated rings. The van der Waals surface area contributed by atoms with Crippen molar-refractivity contribution in [1.29, 1.82) is 0 Å². The first-order valence-electron chi connectivity index (χ1n) is 12.0. The molecule has 188 valence electrons. The van der Waals surface area contributed by atoms with Gasteiger partial charge in [-0.2, -0.15) is 0 Å². The Balaban J connectivity index is 1.52. The van der Waals surface area contributed by atoms with Crippen molar-refractivity contribution in [2.24, 2.45) is 10.8 Å². The van der Waals surface area contributed by atoms with Gasteiger partial charge in [0.25, 0.3) is 5.91 Å². The Labute approximate surface area is 218 Å². The van der Waals surface area contributed by atoms with Crippen LogP contribution in [0.5, 0.6) is 5.75 Å². The summed E-state index contributed by atoms with van der Waals surface area (Å²) in [5.74, 6) is 6.79. The van der Waals surface area contributed by atoms with E-state index in [9.17, 15) is 4.79 Å². The van der Waals surface area contributed by atoms with Crippen LogP contribution in [0, 0.1) is 29.2 Å². The summed E-state index contributed by atoms with van der Waals surface area (Å²) in [7, 11) is 0. The van der Waals surface area contributed by atoms with Crippen LogP contribution in [0.2, 0.25) is 5.02 Å².